The summed E-state index contributed by atoms with van der Waals surface area (Å²) in [5.41, 5.74) is -3.26. The zero-order valence-electron chi connectivity index (χ0n) is 23.1. The van der Waals surface area contributed by atoms with Crippen LogP contribution >= 0.6 is 23.2 Å². The van der Waals surface area contributed by atoms with E-state index in [2.05, 4.69) is 10.1 Å². The lowest BCUT2D eigenvalue weighted by molar-refractivity contribution is -0.157. The van der Waals surface area contributed by atoms with Crippen molar-refractivity contribution in [3.63, 3.8) is 0 Å². The molecule has 220 valence electrons. The first-order chi connectivity index (χ1) is 18.5. The molecule has 8 nitrogen and oxygen atoms in total. The molecule has 0 aliphatic heterocycles. The molecule has 2 aromatic rings. The van der Waals surface area contributed by atoms with E-state index in [-0.39, 0.29) is 47.6 Å². The van der Waals surface area contributed by atoms with Crippen molar-refractivity contribution in [1.82, 2.24) is 19.7 Å². The minimum Gasteiger partial charge on any atom is -0.466 e. The number of hydrogen-bond donors (Lipinski definition) is 0. The van der Waals surface area contributed by atoms with E-state index in [1.165, 1.54) is 12.4 Å². The van der Waals surface area contributed by atoms with Crippen molar-refractivity contribution < 1.29 is 32.3 Å². The van der Waals surface area contributed by atoms with E-state index in [1.54, 1.807) is 34.6 Å². The highest BCUT2D eigenvalue weighted by Gasteiger charge is 2.45. The molecular weight excluding hydrogens is 572 g/mol. The number of ketones is 1. The Kier molecular flexibility index (Phi) is 9.61. The molecule has 0 radical (unpaired) electrons. The Morgan fingerprint density at radius 1 is 1.10 bits per heavy atom. The summed E-state index contributed by atoms with van der Waals surface area (Å²) in [6.07, 6.45) is -0.438. The quantitative estimate of drug-likeness (QED) is 0.247. The van der Waals surface area contributed by atoms with Gasteiger partial charge in [-0.3, -0.25) is 24.0 Å². The summed E-state index contributed by atoms with van der Waals surface area (Å²) < 4.78 is 49.4. The average Bonchev–Trinajstić information content (AvgIpc) is 3.29. The van der Waals surface area contributed by atoms with Crippen LogP contribution in [0.1, 0.15) is 92.8 Å². The number of halogens is 5. The van der Waals surface area contributed by atoms with Gasteiger partial charge in [0.25, 0.3) is 5.91 Å². The third-order valence-corrected chi connectivity index (χ3v) is 7.46. The van der Waals surface area contributed by atoms with Crippen LogP contribution in [0, 0.1) is 10.8 Å². The minimum absolute atomic E-state index is 0.0261. The lowest BCUT2D eigenvalue weighted by Gasteiger charge is -2.36. The van der Waals surface area contributed by atoms with E-state index >= 15 is 0 Å². The summed E-state index contributed by atoms with van der Waals surface area (Å²) in [5.74, 6) is -2.01. The van der Waals surface area contributed by atoms with Crippen LogP contribution in [0.3, 0.4) is 0 Å². The summed E-state index contributed by atoms with van der Waals surface area (Å²) in [7, 11) is 0. The topological polar surface area (TPSA) is 94.4 Å². The fourth-order valence-corrected chi connectivity index (χ4v) is 5.52. The Labute approximate surface area is 241 Å². The van der Waals surface area contributed by atoms with E-state index in [9.17, 15) is 27.6 Å². The smallest absolute Gasteiger partial charge is 0.433 e. The second kappa shape index (κ2) is 12.1. The van der Waals surface area contributed by atoms with Gasteiger partial charge in [0.2, 0.25) is 0 Å². The molecule has 0 bridgehead atoms. The Bertz CT molecular complexity index is 1250. The summed E-state index contributed by atoms with van der Waals surface area (Å²) in [6, 6.07) is -0.673. The van der Waals surface area contributed by atoms with Gasteiger partial charge in [0, 0.05) is 18.9 Å². The number of aromatic nitrogens is 3. The van der Waals surface area contributed by atoms with Crippen LogP contribution in [0.25, 0.3) is 0 Å². The maximum Gasteiger partial charge on any atom is 0.433 e. The molecule has 13 heteroatoms. The van der Waals surface area contributed by atoms with Crippen molar-refractivity contribution in [2.75, 3.05) is 19.7 Å². The monoisotopic (exact) mass is 604 g/mol. The number of Topliss-reactive ketones (excluding diaryl/α,β-unsaturated/α-hetero) is 1. The number of carbonyl (C=O) groups excluding carboxylic acids is 3. The fraction of sp³-hybridized carbons (Fsp3) is 0.593. The Morgan fingerprint density at radius 3 is 2.17 bits per heavy atom. The van der Waals surface area contributed by atoms with Crippen molar-refractivity contribution in [3.05, 3.63) is 45.5 Å². The van der Waals surface area contributed by atoms with Gasteiger partial charge in [0.05, 0.1) is 52.0 Å². The van der Waals surface area contributed by atoms with Crippen LogP contribution < -0.4 is 0 Å². The summed E-state index contributed by atoms with van der Waals surface area (Å²) in [4.78, 5) is 44.1. The fourth-order valence-electron chi connectivity index (χ4n) is 4.94. The van der Waals surface area contributed by atoms with Crippen LogP contribution in [0.5, 0.6) is 0 Å². The Morgan fingerprint density at radius 2 is 1.68 bits per heavy atom. The third-order valence-electron chi connectivity index (χ3n) is 6.89. The predicted octanol–water partition coefficient (Wildman–Crippen LogP) is 6.66. The molecule has 1 saturated carbocycles. The van der Waals surface area contributed by atoms with Crippen LogP contribution in [-0.2, 0) is 15.7 Å². The van der Waals surface area contributed by atoms with E-state index in [0.29, 0.717) is 12.8 Å². The zero-order valence-corrected chi connectivity index (χ0v) is 24.6. The minimum atomic E-state index is -4.90. The summed E-state index contributed by atoms with van der Waals surface area (Å²) >= 11 is 12.2. The first-order valence-corrected chi connectivity index (χ1v) is 13.7. The van der Waals surface area contributed by atoms with Gasteiger partial charge >= 0.3 is 12.1 Å². The van der Waals surface area contributed by atoms with E-state index in [4.69, 9.17) is 27.9 Å². The molecule has 1 aliphatic rings. The number of rotatable bonds is 8. The molecule has 3 rings (SSSR count). The molecule has 2 heterocycles. The van der Waals surface area contributed by atoms with Gasteiger partial charge in [-0.15, -0.1) is 0 Å². The van der Waals surface area contributed by atoms with Gasteiger partial charge in [0.1, 0.15) is 0 Å². The number of ether oxygens (including phenoxy) is 1. The predicted molar refractivity (Wildman–Crippen MR) is 143 cm³/mol. The van der Waals surface area contributed by atoms with E-state index in [1.807, 2.05) is 0 Å². The number of hydrogen-bond acceptors (Lipinski definition) is 6. The number of pyridine rings is 1. The maximum atomic E-state index is 14.5. The summed E-state index contributed by atoms with van der Waals surface area (Å²) in [6.45, 7) is 8.45. The molecule has 1 fully saturated rings. The van der Waals surface area contributed by atoms with Crippen LogP contribution in [-0.4, -0.2) is 57.0 Å². The highest BCUT2D eigenvalue weighted by atomic mass is 35.5. The third kappa shape index (κ3) is 7.15. The molecule has 1 amide bonds. The van der Waals surface area contributed by atoms with Crippen molar-refractivity contribution in [3.8, 4) is 0 Å². The van der Waals surface area contributed by atoms with Crippen molar-refractivity contribution >= 4 is 40.9 Å². The van der Waals surface area contributed by atoms with Gasteiger partial charge in [-0.25, -0.2) is 0 Å². The first-order valence-electron chi connectivity index (χ1n) is 12.9. The van der Waals surface area contributed by atoms with Gasteiger partial charge < -0.3 is 9.64 Å². The average molecular weight is 605 g/mol. The van der Waals surface area contributed by atoms with Gasteiger partial charge in [-0.2, -0.15) is 18.3 Å². The molecule has 0 unspecified atom stereocenters. The largest absolute Gasteiger partial charge is 0.466 e. The van der Waals surface area contributed by atoms with Gasteiger partial charge in [-0.1, -0.05) is 44.0 Å². The van der Waals surface area contributed by atoms with E-state index in [0.717, 1.165) is 15.8 Å². The number of amides is 1. The van der Waals surface area contributed by atoms with Crippen molar-refractivity contribution in [2.45, 2.75) is 72.5 Å². The molecule has 2 aromatic heterocycles. The molecule has 0 N–H and O–H groups in total. The van der Waals surface area contributed by atoms with Crippen LogP contribution in [0.2, 0.25) is 10.0 Å². The van der Waals surface area contributed by atoms with Gasteiger partial charge in [0.15, 0.2) is 11.5 Å². The lowest BCUT2D eigenvalue weighted by Crippen LogP contribution is -2.42. The lowest BCUT2D eigenvalue weighted by atomic mass is 9.74. The van der Waals surface area contributed by atoms with Crippen LogP contribution in [0.15, 0.2) is 18.6 Å². The number of carbonyl (C=O) groups is 3. The van der Waals surface area contributed by atoms with E-state index < -0.39 is 52.5 Å². The maximum absolute atomic E-state index is 14.5. The highest BCUT2D eigenvalue weighted by molar-refractivity contribution is 6.39. The first kappa shape index (κ1) is 31.9. The van der Waals surface area contributed by atoms with Gasteiger partial charge in [-0.05, 0) is 44.9 Å². The molecular formula is C27H33Cl2F3N4O4. The zero-order chi connectivity index (χ0) is 30.0. The second-order valence-electron chi connectivity index (χ2n) is 11.5. The molecule has 1 aliphatic carbocycles. The second-order valence-corrected chi connectivity index (χ2v) is 12.3. The standard InChI is InChI=1S/C27H33Cl2F3N4O4/c1-6-40-24(39)26(5)9-7-16(8-10-26)36-22(27(30,31)32)17(11-34-36)23(38)35(15-25(2,3)4)14-20(37)21-18(28)12-33-13-19(21)29/h11-13,16H,6-10,14-15H2,1-5H3/t16-,26-. The molecule has 40 heavy (non-hydrogen) atoms. The Hall–Kier alpha value is -2.66. The van der Waals surface area contributed by atoms with Crippen molar-refractivity contribution in [1.29, 1.82) is 0 Å². The molecule has 0 saturated heterocycles. The molecule has 0 spiro atoms. The SMILES string of the molecule is CCOC(=O)[C@]1(C)CC[C@@H](n2ncc(C(=O)N(CC(=O)c3c(Cl)cncc3Cl)CC(C)(C)C)c2C(F)(F)F)CC1. The highest BCUT2D eigenvalue weighted by Crippen LogP contribution is 2.44. The Balaban J connectivity index is 1.95. The van der Waals surface area contributed by atoms with Crippen LogP contribution in [0.4, 0.5) is 13.2 Å². The normalized spacial score (nSPS) is 19.8. The number of alkyl halides is 3. The number of esters is 1. The molecule has 0 aromatic carbocycles. The molecule has 0 atom stereocenters. The summed E-state index contributed by atoms with van der Waals surface area (Å²) in [5, 5.41) is 3.94. The number of nitrogens with zero attached hydrogens (tertiary/aromatic N) is 4. The van der Waals surface area contributed by atoms with Crippen molar-refractivity contribution in [2.24, 2.45) is 10.8 Å².